The molecule has 0 atom stereocenters. The van der Waals surface area contributed by atoms with Gasteiger partial charge in [0.2, 0.25) is 5.91 Å². The number of aryl methyl sites for hydroxylation is 2. The van der Waals surface area contributed by atoms with Gasteiger partial charge in [-0.15, -0.1) is 0 Å². The van der Waals surface area contributed by atoms with Crippen LogP contribution in [0.1, 0.15) is 16.7 Å². The average molecular weight is 348 g/mol. The Balaban J connectivity index is 2.06. The van der Waals surface area contributed by atoms with Crippen LogP contribution in [0.15, 0.2) is 40.9 Å². The maximum absolute atomic E-state index is 12.1. The van der Waals surface area contributed by atoms with Crippen LogP contribution >= 0.6 is 15.9 Å². The van der Waals surface area contributed by atoms with E-state index >= 15 is 0 Å². The van der Waals surface area contributed by atoms with Crippen molar-refractivity contribution < 1.29 is 9.53 Å². The second-order valence-corrected chi connectivity index (χ2v) is 5.84. The summed E-state index contributed by atoms with van der Waals surface area (Å²) in [6.45, 7) is 3.98. The quantitative estimate of drug-likeness (QED) is 0.897. The van der Waals surface area contributed by atoms with Gasteiger partial charge in [-0.3, -0.25) is 4.79 Å². The van der Waals surface area contributed by atoms with Crippen molar-refractivity contribution in [1.82, 2.24) is 0 Å². The second kappa shape index (κ2) is 6.76. The van der Waals surface area contributed by atoms with Crippen LogP contribution in [0.3, 0.4) is 0 Å². The minimum absolute atomic E-state index is 0.0232. The molecule has 0 aliphatic carbocycles. The Bertz CT molecular complexity index is 651. The van der Waals surface area contributed by atoms with Gasteiger partial charge in [-0.25, -0.2) is 0 Å². The average Bonchev–Trinajstić information content (AvgIpc) is 2.45. The van der Waals surface area contributed by atoms with E-state index < -0.39 is 0 Å². The van der Waals surface area contributed by atoms with Crippen molar-refractivity contribution in [3.05, 3.63) is 57.6 Å². The monoisotopic (exact) mass is 347 g/mol. The third-order valence-corrected chi connectivity index (χ3v) is 4.16. The number of ether oxygens (including phenoxy) is 1. The van der Waals surface area contributed by atoms with Crippen molar-refractivity contribution in [2.75, 3.05) is 12.4 Å². The molecule has 2 aromatic rings. The summed E-state index contributed by atoms with van der Waals surface area (Å²) in [7, 11) is 1.63. The molecule has 21 heavy (non-hydrogen) atoms. The fourth-order valence-electron chi connectivity index (χ4n) is 2.04. The number of hydrogen-bond acceptors (Lipinski definition) is 2. The number of rotatable bonds is 4. The zero-order valence-corrected chi connectivity index (χ0v) is 14.0. The number of hydrogen-bond donors (Lipinski definition) is 1. The van der Waals surface area contributed by atoms with Gasteiger partial charge in [0.25, 0.3) is 0 Å². The van der Waals surface area contributed by atoms with E-state index in [4.69, 9.17) is 4.74 Å². The molecule has 0 unspecified atom stereocenters. The molecular weight excluding hydrogens is 330 g/mol. The largest absolute Gasteiger partial charge is 0.497 e. The molecule has 0 saturated carbocycles. The Labute approximate surface area is 133 Å². The molecule has 0 bridgehead atoms. The summed E-state index contributed by atoms with van der Waals surface area (Å²) in [6.07, 6.45) is 0.346. The van der Waals surface area contributed by atoms with E-state index in [1.165, 1.54) is 0 Å². The number of benzene rings is 2. The third kappa shape index (κ3) is 4.08. The van der Waals surface area contributed by atoms with Gasteiger partial charge in [0.05, 0.1) is 13.5 Å². The summed E-state index contributed by atoms with van der Waals surface area (Å²) < 4.78 is 6.15. The molecule has 0 radical (unpaired) electrons. The van der Waals surface area contributed by atoms with Crippen LogP contribution < -0.4 is 10.1 Å². The molecule has 0 aliphatic heterocycles. The molecule has 2 rings (SSSR count). The van der Waals surface area contributed by atoms with Crippen molar-refractivity contribution in [2.24, 2.45) is 0 Å². The molecule has 0 saturated heterocycles. The SMILES string of the molecule is COc1ccc(CC(=O)Nc2cc(C)c(Br)cc2C)cc1. The Kier molecular flexibility index (Phi) is 5.02. The van der Waals surface area contributed by atoms with Crippen LogP contribution in [-0.4, -0.2) is 13.0 Å². The van der Waals surface area contributed by atoms with Crippen molar-refractivity contribution >= 4 is 27.5 Å². The van der Waals surface area contributed by atoms with Crippen LogP contribution in [0.5, 0.6) is 5.75 Å². The van der Waals surface area contributed by atoms with Gasteiger partial charge in [-0.2, -0.15) is 0 Å². The first-order valence-corrected chi connectivity index (χ1v) is 7.48. The topological polar surface area (TPSA) is 38.3 Å². The summed E-state index contributed by atoms with van der Waals surface area (Å²) in [4.78, 5) is 12.1. The zero-order valence-electron chi connectivity index (χ0n) is 12.4. The van der Waals surface area contributed by atoms with Gasteiger partial charge in [0.15, 0.2) is 0 Å². The van der Waals surface area contributed by atoms with E-state index in [-0.39, 0.29) is 5.91 Å². The van der Waals surface area contributed by atoms with E-state index in [1.807, 2.05) is 50.2 Å². The van der Waals surface area contributed by atoms with E-state index in [1.54, 1.807) is 7.11 Å². The number of amides is 1. The summed E-state index contributed by atoms with van der Waals surface area (Å²) in [5.74, 6) is 0.767. The fraction of sp³-hybridized carbons (Fsp3) is 0.235. The molecule has 4 heteroatoms. The maximum atomic E-state index is 12.1. The van der Waals surface area contributed by atoms with Gasteiger partial charge in [-0.1, -0.05) is 28.1 Å². The Morgan fingerprint density at radius 2 is 1.81 bits per heavy atom. The highest BCUT2D eigenvalue weighted by Gasteiger charge is 2.08. The summed E-state index contributed by atoms with van der Waals surface area (Å²) >= 11 is 3.49. The van der Waals surface area contributed by atoms with Crippen molar-refractivity contribution in [3.8, 4) is 5.75 Å². The first-order valence-electron chi connectivity index (χ1n) is 6.69. The highest BCUT2D eigenvalue weighted by molar-refractivity contribution is 9.10. The lowest BCUT2D eigenvalue weighted by molar-refractivity contribution is -0.115. The minimum atomic E-state index is -0.0232. The van der Waals surface area contributed by atoms with E-state index in [0.717, 1.165) is 32.6 Å². The second-order valence-electron chi connectivity index (χ2n) is 4.99. The number of anilines is 1. The van der Waals surface area contributed by atoms with E-state index in [9.17, 15) is 4.79 Å². The highest BCUT2D eigenvalue weighted by atomic mass is 79.9. The molecule has 2 aromatic carbocycles. The number of carbonyl (C=O) groups is 1. The lowest BCUT2D eigenvalue weighted by Gasteiger charge is -2.11. The molecule has 110 valence electrons. The number of carbonyl (C=O) groups excluding carboxylic acids is 1. The Hall–Kier alpha value is -1.81. The van der Waals surface area contributed by atoms with Gasteiger partial charge in [0.1, 0.15) is 5.75 Å². The minimum Gasteiger partial charge on any atom is -0.497 e. The molecule has 0 heterocycles. The first-order chi connectivity index (χ1) is 9.99. The number of halogens is 1. The van der Waals surface area contributed by atoms with E-state index in [2.05, 4.69) is 21.2 Å². The maximum Gasteiger partial charge on any atom is 0.228 e. The first kappa shape index (κ1) is 15.6. The van der Waals surface area contributed by atoms with Crippen LogP contribution in [0.4, 0.5) is 5.69 Å². The fourth-order valence-corrected chi connectivity index (χ4v) is 2.50. The summed E-state index contributed by atoms with van der Waals surface area (Å²) in [5, 5.41) is 2.96. The number of methoxy groups -OCH3 is 1. The normalized spacial score (nSPS) is 10.3. The molecule has 1 amide bonds. The lowest BCUT2D eigenvalue weighted by Crippen LogP contribution is -2.15. The Morgan fingerprint density at radius 1 is 1.14 bits per heavy atom. The molecule has 0 spiro atoms. The lowest BCUT2D eigenvalue weighted by atomic mass is 10.1. The van der Waals surface area contributed by atoms with Gasteiger partial charge < -0.3 is 10.1 Å². The molecular formula is C17H18BrNO2. The molecule has 0 aliphatic rings. The van der Waals surface area contributed by atoms with Gasteiger partial charge in [-0.05, 0) is 54.8 Å². The van der Waals surface area contributed by atoms with Crippen LogP contribution in [0.25, 0.3) is 0 Å². The van der Waals surface area contributed by atoms with E-state index in [0.29, 0.717) is 6.42 Å². The van der Waals surface area contributed by atoms with Gasteiger partial charge >= 0.3 is 0 Å². The van der Waals surface area contributed by atoms with Crippen LogP contribution in [0.2, 0.25) is 0 Å². The smallest absolute Gasteiger partial charge is 0.228 e. The Morgan fingerprint density at radius 3 is 2.43 bits per heavy atom. The van der Waals surface area contributed by atoms with Crippen molar-refractivity contribution in [3.63, 3.8) is 0 Å². The predicted octanol–water partition coefficient (Wildman–Crippen LogP) is 4.26. The van der Waals surface area contributed by atoms with Crippen LogP contribution in [0, 0.1) is 13.8 Å². The summed E-state index contributed by atoms with van der Waals surface area (Å²) in [5.41, 5.74) is 3.95. The molecule has 0 aromatic heterocycles. The molecule has 1 N–H and O–H groups in total. The highest BCUT2D eigenvalue weighted by Crippen LogP contribution is 2.24. The van der Waals surface area contributed by atoms with Crippen LogP contribution in [-0.2, 0) is 11.2 Å². The molecule has 0 fully saturated rings. The molecule has 3 nitrogen and oxygen atoms in total. The van der Waals surface area contributed by atoms with Gasteiger partial charge in [0, 0.05) is 10.2 Å². The number of nitrogens with one attached hydrogen (secondary N) is 1. The standard InChI is InChI=1S/C17H18BrNO2/c1-11-9-16(12(2)8-15(11)18)19-17(20)10-13-4-6-14(21-3)7-5-13/h4-9H,10H2,1-3H3,(H,19,20). The van der Waals surface area contributed by atoms with Crippen molar-refractivity contribution in [2.45, 2.75) is 20.3 Å². The summed E-state index contributed by atoms with van der Waals surface area (Å²) in [6, 6.07) is 11.5. The third-order valence-electron chi connectivity index (χ3n) is 3.30. The zero-order chi connectivity index (χ0) is 15.4. The van der Waals surface area contributed by atoms with Crippen molar-refractivity contribution in [1.29, 1.82) is 0 Å². The predicted molar refractivity (Wildman–Crippen MR) is 88.9 cm³/mol.